The van der Waals surface area contributed by atoms with Crippen LogP contribution in [0.1, 0.15) is 25.8 Å². The molecule has 0 spiro atoms. The minimum atomic E-state index is -0.424. The lowest BCUT2D eigenvalue weighted by Gasteiger charge is -2.07. The molecular weight excluding hydrogens is 252 g/mol. The van der Waals surface area contributed by atoms with Gasteiger partial charge in [-0.15, -0.1) is 0 Å². The first-order valence-corrected chi connectivity index (χ1v) is 6.28. The Morgan fingerprint density at radius 2 is 2.28 bits per heavy atom. The summed E-state index contributed by atoms with van der Waals surface area (Å²) in [5.41, 5.74) is 0.712. The number of nitro groups is 1. The van der Waals surface area contributed by atoms with Crippen LogP contribution >= 0.6 is 11.6 Å². The van der Waals surface area contributed by atoms with E-state index in [2.05, 4.69) is 12.2 Å². The van der Waals surface area contributed by atoms with Crippen molar-refractivity contribution in [1.82, 2.24) is 5.32 Å². The number of nitrogens with one attached hydrogen (secondary N) is 1. The van der Waals surface area contributed by atoms with Crippen LogP contribution in [0.5, 0.6) is 0 Å². The van der Waals surface area contributed by atoms with Gasteiger partial charge < -0.3 is 5.32 Å². The van der Waals surface area contributed by atoms with Gasteiger partial charge in [-0.2, -0.15) is 0 Å². The van der Waals surface area contributed by atoms with Gasteiger partial charge in [0.15, 0.2) is 0 Å². The Hall–Kier alpha value is -1.39. The molecule has 0 fully saturated rings. The van der Waals surface area contributed by atoms with Crippen LogP contribution in [0.2, 0.25) is 5.02 Å². The number of nitro benzene ring substituents is 1. The Morgan fingerprint density at radius 1 is 1.56 bits per heavy atom. The molecule has 0 bridgehead atoms. The van der Waals surface area contributed by atoms with Gasteiger partial charge >= 0.3 is 0 Å². The first-order valence-electron chi connectivity index (χ1n) is 5.90. The highest BCUT2D eigenvalue weighted by Crippen LogP contribution is 2.23. The van der Waals surface area contributed by atoms with E-state index in [1.54, 1.807) is 6.07 Å². The highest BCUT2D eigenvalue weighted by molar-refractivity contribution is 6.32. The molecule has 1 atom stereocenters. The summed E-state index contributed by atoms with van der Waals surface area (Å²) in [6.07, 6.45) is 4.82. The van der Waals surface area contributed by atoms with E-state index in [0.29, 0.717) is 10.6 Å². The minimum absolute atomic E-state index is 0.0493. The van der Waals surface area contributed by atoms with Crippen LogP contribution in [-0.4, -0.2) is 17.5 Å². The Labute approximate surface area is 112 Å². The molecule has 5 heteroatoms. The molecule has 1 rings (SSSR count). The number of nitrogens with zero attached hydrogens (tertiary/aromatic N) is 1. The summed E-state index contributed by atoms with van der Waals surface area (Å²) in [6, 6.07) is 4.63. The largest absolute Gasteiger partial charge is 0.311 e. The predicted octanol–water partition coefficient (Wildman–Crippen LogP) is 3.65. The summed E-state index contributed by atoms with van der Waals surface area (Å²) < 4.78 is 0. The predicted molar refractivity (Wildman–Crippen MR) is 74.9 cm³/mol. The third kappa shape index (κ3) is 4.47. The molecule has 0 aliphatic heterocycles. The first-order chi connectivity index (χ1) is 8.54. The van der Waals surface area contributed by atoms with E-state index in [0.717, 1.165) is 13.0 Å². The van der Waals surface area contributed by atoms with Crippen molar-refractivity contribution in [3.8, 4) is 0 Å². The third-order valence-corrected chi connectivity index (χ3v) is 2.82. The average Bonchev–Trinajstić information content (AvgIpc) is 2.35. The summed E-state index contributed by atoms with van der Waals surface area (Å²) in [4.78, 5) is 10.2. The zero-order valence-electron chi connectivity index (χ0n) is 10.5. The average molecular weight is 269 g/mol. The second kappa shape index (κ2) is 7.13. The molecule has 0 amide bonds. The molecule has 98 valence electrons. The molecule has 1 unspecified atom stereocenters. The van der Waals surface area contributed by atoms with Crippen molar-refractivity contribution in [2.24, 2.45) is 0 Å². The Bertz CT molecular complexity index is 447. The maximum absolute atomic E-state index is 10.7. The molecule has 0 saturated carbocycles. The number of halogens is 1. The van der Waals surface area contributed by atoms with Gasteiger partial charge in [-0.05, 0) is 31.5 Å². The van der Waals surface area contributed by atoms with Crippen molar-refractivity contribution in [3.63, 3.8) is 0 Å². The topological polar surface area (TPSA) is 55.2 Å². The standard InChI is InChI=1S/C13H17ClN2O2/c1-3-8-15-10(2)4-5-11-9-12(16(17)18)6-7-13(11)14/h4-7,9-10,15H,3,8H2,1-2H3/b5-4+. The van der Waals surface area contributed by atoms with E-state index < -0.39 is 4.92 Å². The smallest absolute Gasteiger partial charge is 0.270 e. The maximum atomic E-state index is 10.7. The fraction of sp³-hybridized carbons (Fsp3) is 0.385. The highest BCUT2D eigenvalue weighted by atomic mass is 35.5. The molecular formula is C13H17ClN2O2. The molecule has 0 aliphatic rings. The third-order valence-electron chi connectivity index (χ3n) is 2.47. The van der Waals surface area contributed by atoms with Crippen LogP contribution < -0.4 is 5.32 Å². The normalized spacial score (nSPS) is 12.8. The van der Waals surface area contributed by atoms with E-state index >= 15 is 0 Å². The van der Waals surface area contributed by atoms with Crippen molar-refractivity contribution in [1.29, 1.82) is 0 Å². The van der Waals surface area contributed by atoms with Gasteiger partial charge in [-0.1, -0.05) is 30.7 Å². The Morgan fingerprint density at radius 3 is 2.89 bits per heavy atom. The zero-order valence-corrected chi connectivity index (χ0v) is 11.3. The van der Waals surface area contributed by atoms with Crippen LogP contribution in [0, 0.1) is 10.1 Å². The van der Waals surface area contributed by atoms with Crippen molar-refractivity contribution in [3.05, 3.63) is 45.0 Å². The van der Waals surface area contributed by atoms with Crippen LogP contribution in [0.4, 0.5) is 5.69 Å². The van der Waals surface area contributed by atoms with E-state index in [9.17, 15) is 10.1 Å². The van der Waals surface area contributed by atoms with Gasteiger partial charge in [-0.3, -0.25) is 10.1 Å². The fourth-order valence-corrected chi connectivity index (χ4v) is 1.64. The van der Waals surface area contributed by atoms with Crippen LogP contribution in [0.25, 0.3) is 6.08 Å². The van der Waals surface area contributed by atoms with Gasteiger partial charge in [0.05, 0.1) is 4.92 Å². The zero-order chi connectivity index (χ0) is 13.5. The van der Waals surface area contributed by atoms with Crippen LogP contribution in [0.3, 0.4) is 0 Å². The molecule has 1 aromatic carbocycles. The number of hydrogen-bond acceptors (Lipinski definition) is 3. The molecule has 1 N–H and O–H groups in total. The van der Waals surface area contributed by atoms with Gasteiger partial charge in [-0.25, -0.2) is 0 Å². The van der Waals surface area contributed by atoms with Crippen molar-refractivity contribution < 1.29 is 4.92 Å². The Kier molecular flexibility index (Phi) is 5.82. The molecule has 0 heterocycles. The molecule has 4 nitrogen and oxygen atoms in total. The summed E-state index contributed by atoms with van der Waals surface area (Å²) >= 11 is 5.99. The van der Waals surface area contributed by atoms with Crippen molar-refractivity contribution in [2.75, 3.05) is 6.54 Å². The summed E-state index contributed by atoms with van der Waals surface area (Å²) in [5.74, 6) is 0. The second-order valence-electron chi connectivity index (χ2n) is 4.06. The number of hydrogen-bond donors (Lipinski definition) is 1. The number of rotatable bonds is 6. The van der Waals surface area contributed by atoms with Crippen LogP contribution in [0.15, 0.2) is 24.3 Å². The minimum Gasteiger partial charge on any atom is -0.311 e. The highest BCUT2D eigenvalue weighted by Gasteiger charge is 2.07. The fourth-order valence-electron chi connectivity index (χ4n) is 1.46. The van der Waals surface area contributed by atoms with E-state index in [-0.39, 0.29) is 11.7 Å². The first kappa shape index (κ1) is 14.7. The van der Waals surface area contributed by atoms with Gasteiger partial charge in [0.2, 0.25) is 0 Å². The van der Waals surface area contributed by atoms with Gasteiger partial charge in [0, 0.05) is 23.2 Å². The second-order valence-corrected chi connectivity index (χ2v) is 4.47. The number of benzene rings is 1. The monoisotopic (exact) mass is 268 g/mol. The van der Waals surface area contributed by atoms with Crippen LogP contribution in [-0.2, 0) is 0 Å². The van der Waals surface area contributed by atoms with Crippen molar-refractivity contribution >= 4 is 23.4 Å². The SMILES string of the molecule is CCCNC(C)/C=C/c1cc([N+](=O)[O-])ccc1Cl. The van der Waals surface area contributed by atoms with Gasteiger partial charge in [0.25, 0.3) is 5.69 Å². The quantitative estimate of drug-likeness (QED) is 0.633. The lowest BCUT2D eigenvalue weighted by atomic mass is 10.1. The van der Waals surface area contributed by atoms with Gasteiger partial charge in [0.1, 0.15) is 0 Å². The lowest BCUT2D eigenvalue weighted by molar-refractivity contribution is -0.384. The van der Waals surface area contributed by atoms with E-state index in [4.69, 9.17) is 11.6 Å². The number of non-ortho nitro benzene ring substituents is 1. The Balaban J connectivity index is 2.79. The molecule has 0 saturated heterocycles. The summed E-state index contributed by atoms with van der Waals surface area (Å²) in [6.45, 7) is 5.06. The van der Waals surface area contributed by atoms with E-state index in [1.165, 1.54) is 12.1 Å². The molecule has 18 heavy (non-hydrogen) atoms. The maximum Gasteiger partial charge on any atom is 0.270 e. The molecule has 1 aromatic rings. The summed E-state index contributed by atoms with van der Waals surface area (Å²) in [5, 5.41) is 14.5. The molecule has 0 radical (unpaired) electrons. The van der Waals surface area contributed by atoms with E-state index in [1.807, 2.05) is 19.1 Å². The summed E-state index contributed by atoms with van der Waals surface area (Å²) in [7, 11) is 0. The van der Waals surface area contributed by atoms with Crippen molar-refractivity contribution in [2.45, 2.75) is 26.3 Å². The molecule has 0 aromatic heterocycles. The lowest BCUT2D eigenvalue weighted by Crippen LogP contribution is -2.24. The molecule has 0 aliphatic carbocycles.